The molecule has 1 aliphatic carbocycles. The molecule has 1 aliphatic rings. The Morgan fingerprint density at radius 1 is 1.36 bits per heavy atom. The fourth-order valence-corrected chi connectivity index (χ4v) is 5.61. The summed E-state index contributed by atoms with van der Waals surface area (Å²) in [7, 11) is 0. The molecule has 0 saturated heterocycles. The van der Waals surface area contributed by atoms with Gasteiger partial charge in [0, 0.05) is 0 Å². The van der Waals surface area contributed by atoms with E-state index in [9.17, 15) is 4.79 Å². The molecule has 0 spiro atoms. The Balaban J connectivity index is 2.39. The molecular weight excluding hydrogens is 366 g/mol. The van der Waals surface area contributed by atoms with Crippen LogP contribution in [-0.4, -0.2) is 8.72 Å². The van der Waals surface area contributed by atoms with Gasteiger partial charge in [-0.2, -0.15) is 0 Å². The predicted octanol–water partition coefficient (Wildman–Crippen LogP) is 3.58. The van der Waals surface area contributed by atoms with Crippen molar-refractivity contribution < 1.29 is 4.79 Å². The van der Waals surface area contributed by atoms with Crippen LogP contribution in [0.25, 0.3) is 0 Å². The van der Waals surface area contributed by atoms with Gasteiger partial charge in [0.15, 0.2) is 0 Å². The fourth-order valence-electron chi connectivity index (χ4n) is 1.54. The third-order valence-electron chi connectivity index (χ3n) is 2.18. The summed E-state index contributed by atoms with van der Waals surface area (Å²) in [6.45, 7) is 0. The van der Waals surface area contributed by atoms with Gasteiger partial charge in [-0.15, -0.1) is 0 Å². The molecule has 0 aromatic heterocycles. The first-order valence-electron chi connectivity index (χ1n) is 4.02. The third kappa shape index (κ3) is 3.16. The van der Waals surface area contributed by atoms with Gasteiger partial charge in [0.1, 0.15) is 0 Å². The maximum atomic E-state index is 11.6. The number of carbonyl (C=O) groups is 1. The van der Waals surface area contributed by atoms with Crippen LogP contribution in [-0.2, 0) is 4.79 Å². The molecule has 0 aromatic carbocycles. The van der Waals surface area contributed by atoms with Crippen molar-refractivity contribution in [2.24, 2.45) is 5.92 Å². The summed E-state index contributed by atoms with van der Waals surface area (Å²) < 4.78 is 0.634. The Morgan fingerprint density at radius 2 is 1.91 bits per heavy atom. The zero-order valence-electron chi connectivity index (χ0n) is 6.78. The van der Waals surface area contributed by atoms with Gasteiger partial charge in [-0.1, -0.05) is 0 Å². The molecule has 66 valence electrons. The van der Waals surface area contributed by atoms with Crippen LogP contribution in [0.1, 0.15) is 32.1 Å². The van der Waals surface area contributed by atoms with Gasteiger partial charge in [-0.25, -0.2) is 0 Å². The Bertz CT molecular complexity index is 139. The number of rotatable bonds is 2. The van der Waals surface area contributed by atoms with Gasteiger partial charge in [-0.3, -0.25) is 0 Å². The molecule has 0 atom stereocenters. The van der Waals surface area contributed by atoms with E-state index in [1.54, 1.807) is 0 Å². The van der Waals surface area contributed by atoms with E-state index in [0.717, 1.165) is 0 Å². The summed E-state index contributed by atoms with van der Waals surface area (Å²) in [5.41, 5.74) is 0. The third-order valence-corrected chi connectivity index (χ3v) is 7.22. The molecule has 3 heteroatoms. The van der Waals surface area contributed by atoms with E-state index in [4.69, 9.17) is 0 Å². The van der Waals surface area contributed by atoms with Crippen molar-refractivity contribution in [3.8, 4) is 0 Å². The summed E-state index contributed by atoms with van der Waals surface area (Å²) in [4.78, 5) is 13.7. The van der Waals surface area contributed by atoms with Gasteiger partial charge < -0.3 is 0 Å². The molecule has 0 heterocycles. The molecule has 0 amide bonds. The quantitative estimate of drug-likeness (QED) is 0.407. The van der Waals surface area contributed by atoms with Crippen LogP contribution in [0.15, 0.2) is 0 Å². The Hall–Kier alpha value is 1.13. The van der Waals surface area contributed by atoms with Crippen LogP contribution in [0, 0.1) is 5.92 Å². The second-order valence-electron chi connectivity index (χ2n) is 3.04. The van der Waals surface area contributed by atoms with Crippen LogP contribution in [0.4, 0.5) is 0 Å². The van der Waals surface area contributed by atoms with Crippen LogP contribution >= 0.6 is 34.5 Å². The van der Waals surface area contributed by atoms with Crippen molar-refractivity contribution in [2.45, 2.75) is 32.1 Å². The van der Waals surface area contributed by atoms with E-state index in [2.05, 4.69) is 23.5 Å². The summed E-state index contributed by atoms with van der Waals surface area (Å²) in [6, 6.07) is 0. The second kappa shape index (κ2) is 4.99. The normalized spacial score (nSPS) is 21.5. The van der Waals surface area contributed by atoms with Crippen molar-refractivity contribution >= 4 is 38.3 Å². The zero-order valence-corrected chi connectivity index (χ0v) is 11.1. The first kappa shape index (κ1) is 10.2. The number of halogens is 2. The minimum absolute atomic E-state index is 0.468. The fraction of sp³-hybridized carbons (Fsp3) is 0.875. The maximum absolute atomic E-state index is 11.6. The van der Waals surface area contributed by atoms with Crippen molar-refractivity contribution in [3.05, 3.63) is 0 Å². The van der Waals surface area contributed by atoms with Crippen molar-refractivity contribution in [3.63, 3.8) is 0 Å². The molecule has 1 rings (SSSR count). The molecule has 1 fully saturated rings. The van der Waals surface area contributed by atoms with E-state index in [1.807, 2.05) is 0 Å². The molecule has 1 saturated carbocycles. The van der Waals surface area contributed by atoms with E-state index in [1.165, 1.54) is 32.1 Å². The van der Waals surface area contributed by atoms with E-state index in [-0.39, 0.29) is 0 Å². The minimum atomic E-state index is -1.16. The molecule has 11 heavy (non-hydrogen) atoms. The van der Waals surface area contributed by atoms with Gasteiger partial charge >= 0.3 is 86.0 Å². The van der Waals surface area contributed by atoms with Crippen LogP contribution in [0.2, 0.25) is 0 Å². The van der Waals surface area contributed by atoms with Gasteiger partial charge in [0.05, 0.1) is 0 Å². The molecule has 0 unspecified atom stereocenters. The summed E-state index contributed by atoms with van der Waals surface area (Å²) in [6.07, 6.45) is 6.30. The molecule has 1 nitrogen and oxygen atoms in total. The number of carbonyl (C=O) groups excluding carboxylic acids is 1. The van der Waals surface area contributed by atoms with Gasteiger partial charge in [0.2, 0.25) is 0 Å². The number of hydrogen-bond acceptors (Lipinski definition) is 1. The number of hydrogen-bond donors (Lipinski definition) is 0. The van der Waals surface area contributed by atoms with Crippen molar-refractivity contribution in [2.75, 3.05) is 4.93 Å². The van der Waals surface area contributed by atoms with E-state index in [0.29, 0.717) is 9.71 Å². The molecule has 0 bridgehead atoms. The molecule has 0 N–H and O–H groups in total. The predicted molar refractivity (Wildman–Crippen MR) is 65.5 cm³/mol. The average Bonchev–Trinajstić information content (AvgIpc) is 2.05. The van der Waals surface area contributed by atoms with Gasteiger partial charge in [0.25, 0.3) is 0 Å². The van der Waals surface area contributed by atoms with E-state index >= 15 is 0 Å². The first-order chi connectivity index (χ1) is 5.22. The van der Waals surface area contributed by atoms with E-state index < -0.39 is 15.8 Å². The average molecular weight is 380 g/mol. The first-order valence-corrected chi connectivity index (χ1v) is 13.5. The topological polar surface area (TPSA) is 17.1 Å². The molecule has 0 radical (unpaired) electrons. The molecule has 0 aromatic rings. The number of alkyl halides is 1. The van der Waals surface area contributed by atoms with Crippen molar-refractivity contribution in [1.29, 1.82) is 0 Å². The monoisotopic (exact) mass is 380 g/mol. The SMILES string of the molecule is CI(I)C(=O)C1CCCCC1. The summed E-state index contributed by atoms with van der Waals surface area (Å²) in [5.74, 6) is 0.468. The molecule has 0 aliphatic heterocycles. The van der Waals surface area contributed by atoms with Crippen LogP contribution < -0.4 is 0 Å². The van der Waals surface area contributed by atoms with Gasteiger partial charge in [-0.05, 0) is 0 Å². The van der Waals surface area contributed by atoms with Crippen LogP contribution in [0.5, 0.6) is 0 Å². The zero-order chi connectivity index (χ0) is 8.27. The Labute approximate surface area is 85.3 Å². The Morgan fingerprint density at radius 3 is 2.36 bits per heavy atom. The Kier molecular flexibility index (Phi) is 4.63. The standard InChI is InChI=1S/C8H14I2O/c1-10(9)8(11)7-5-3-2-4-6-7/h7H,2-6H2,1H3. The summed E-state index contributed by atoms with van der Waals surface area (Å²) in [5, 5.41) is 0. The van der Waals surface area contributed by atoms with Crippen molar-refractivity contribution in [1.82, 2.24) is 0 Å². The second-order valence-corrected chi connectivity index (χ2v) is 14.6. The molecular formula is C8H14I2O. The van der Waals surface area contributed by atoms with Crippen LogP contribution in [0.3, 0.4) is 0 Å². The summed E-state index contributed by atoms with van der Waals surface area (Å²) >= 11 is 1.21.